The first-order valence-electron chi connectivity index (χ1n) is 7.23. The van der Waals surface area contributed by atoms with Crippen molar-refractivity contribution in [2.45, 2.75) is 45.8 Å². The molecule has 0 spiro atoms. The third-order valence-electron chi connectivity index (χ3n) is 3.75. The van der Waals surface area contributed by atoms with Crippen molar-refractivity contribution in [2.75, 3.05) is 19.6 Å². The summed E-state index contributed by atoms with van der Waals surface area (Å²) in [5.74, 6) is 1.24. The maximum absolute atomic E-state index is 12.5. The summed E-state index contributed by atoms with van der Waals surface area (Å²) in [6, 6.07) is -0.0604. The summed E-state index contributed by atoms with van der Waals surface area (Å²) in [6.07, 6.45) is 1.93. The minimum atomic E-state index is -0.0604. The van der Waals surface area contributed by atoms with E-state index in [0.29, 0.717) is 18.3 Å². The Hall–Kier alpha value is -1.18. The summed E-state index contributed by atoms with van der Waals surface area (Å²) in [5, 5.41) is 3.90. The average molecular weight is 318 g/mol. The topological polar surface area (TPSA) is 88.5 Å². The quantitative estimate of drug-likeness (QED) is 0.834. The van der Waals surface area contributed by atoms with E-state index < -0.39 is 0 Å². The zero-order chi connectivity index (χ0) is 14.5. The van der Waals surface area contributed by atoms with Crippen molar-refractivity contribution in [3.05, 3.63) is 11.7 Å². The van der Waals surface area contributed by atoms with Crippen LogP contribution in [0, 0.1) is 0 Å². The second kappa shape index (κ2) is 8.31. The van der Waals surface area contributed by atoms with Crippen molar-refractivity contribution in [3.63, 3.8) is 0 Å². The van der Waals surface area contributed by atoms with E-state index in [4.69, 9.17) is 10.3 Å². The number of likely N-dealkylation sites (tertiary alicyclic amines) is 1. The Balaban J connectivity index is 0.00000220. The van der Waals surface area contributed by atoms with Crippen LogP contribution in [0.25, 0.3) is 0 Å². The normalized spacial score (nSPS) is 18.5. The molecule has 1 aromatic heterocycles. The average Bonchev–Trinajstić information content (AvgIpc) is 3.09. The fourth-order valence-corrected chi connectivity index (χ4v) is 2.66. The van der Waals surface area contributed by atoms with Crippen molar-refractivity contribution in [3.8, 4) is 0 Å². The maximum Gasteiger partial charge on any atom is 0.240 e. The van der Waals surface area contributed by atoms with Gasteiger partial charge in [0.05, 0.1) is 19.1 Å². The van der Waals surface area contributed by atoms with Gasteiger partial charge in [0.2, 0.25) is 11.8 Å². The van der Waals surface area contributed by atoms with Gasteiger partial charge >= 0.3 is 0 Å². The van der Waals surface area contributed by atoms with E-state index in [1.807, 2.05) is 18.7 Å². The summed E-state index contributed by atoms with van der Waals surface area (Å²) in [4.78, 5) is 20.7. The minimum absolute atomic E-state index is 0. The Bertz CT molecular complexity index is 450. The Morgan fingerprint density at radius 1 is 1.48 bits per heavy atom. The van der Waals surface area contributed by atoms with E-state index >= 15 is 0 Å². The van der Waals surface area contributed by atoms with E-state index in [1.54, 1.807) is 0 Å². The first-order chi connectivity index (χ1) is 9.69. The van der Waals surface area contributed by atoms with Crippen LogP contribution < -0.4 is 5.73 Å². The summed E-state index contributed by atoms with van der Waals surface area (Å²) >= 11 is 0. The number of hydrogen-bond acceptors (Lipinski definition) is 6. The third-order valence-corrected chi connectivity index (χ3v) is 3.75. The molecule has 0 bridgehead atoms. The molecule has 0 aliphatic carbocycles. The maximum atomic E-state index is 12.5. The second-order valence-corrected chi connectivity index (χ2v) is 4.95. The number of nitrogens with zero attached hydrogens (tertiary/aromatic N) is 4. The molecule has 1 atom stereocenters. The molecule has 0 saturated carbocycles. The fourth-order valence-electron chi connectivity index (χ4n) is 2.66. The number of amides is 1. The van der Waals surface area contributed by atoms with E-state index in [1.165, 1.54) is 0 Å². The first kappa shape index (κ1) is 17.9. The van der Waals surface area contributed by atoms with Gasteiger partial charge in [0.25, 0.3) is 0 Å². The Labute approximate surface area is 131 Å². The lowest BCUT2D eigenvalue weighted by molar-refractivity contribution is -0.135. The third kappa shape index (κ3) is 4.15. The highest BCUT2D eigenvalue weighted by molar-refractivity contribution is 5.85. The number of aromatic nitrogens is 2. The molecule has 1 fully saturated rings. The molecule has 21 heavy (non-hydrogen) atoms. The molecular weight excluding hydrogens is 294 g/mol. The van der Waals surface area contributed by atoms with Crippen LogP contribution >= 0.6 is 12.4 Å². The molecule has 1 amide bonds. The van der Waals surface area contributed by atoms with Crippen molar-refractivity contribution in [1.29, 1.82) is 0 Å². The molecule has 0 radical (unpaired) electrons. The number of likely N-dealkylation sites (N-methyl/N-ethyl adjacent to an activating group) is 1. The molecule has 1 aromatic rings. The van der Waals surface area contributed by atoms with Gasteiger partial charge < -0.3 is 15.2 Å². The van der Waals surface area contributed by atoms with Crippen LogP contribution in [-0.4, -0.2) is 51.5 Å². The number of halogens is 1. The second-order valence-electron chi connectivity index (χ2n) is 4.95. The summed E-state index contributed by atoms with van der Waals surface area (Å²) in [5.41, 5.74) is 5.45. The van der Waals surface area contributed by atoms with E-state index in [0.717, 1.165) is 32.5 Å². The van der Waals surface area contributed by atoms with Gasteiger partial charge in [0, 0.05) is 13.1 Å². The molecule has 1 unspecified atom stereocenters. The van der Waals surface area contributed by atoms with Crippen LogP contribution in [0.3, 0.4) is 0 Å². The molecule has 2 heterocycles. The molecule has 120 valence electrons. The summed E-state index contributed by atoms with van der Waals surface area (Å²) < 4.78 is 5.00. The van der Waals surface area contributed by atoms with Crippen molar-refractivity contribution in [1.82, 2.24) is 19.9 Å². The summed E-state index contributed by atoms with van der Waals surface area (Å²) in [6.45, 7) is 7.19. The number of nitrogens with two attached hydrogens (primary N) is 1. The van der Waals surface area contributed by atoms with Crippen LogP contribution in [-0.2, 0) is 17.9 Å². The molecule has 1 aliphatic heterocycles. The van der Waals surface area contributed by atoms with Crippen molar-refractivity contribution >= 4 is 18.3 Å². The number of hydrogen-bond donors (Lipinski definition) is 1. The van der Waals surface area contributed by atoms with Crippen molar-refractivity contribution < 1.29 is 9.32 Å². The first-order valence-corrected chi connectivity index (χ1v) is 7.23. The van der Waals surface area contributed by atoms with Gasteiger partial charge in [-0.25, -0.2) is 0 Å². The van der Waals surface area contributed by atoms with Crippen LogP contribution in [0.15, 0.2) is 4.52 Å². The van der Waals surface area contributed by atoms with E-state index in [2.05, 4.69) is 15.0 Å². The lowest BCUT2D eigenvalue weighted by atomic mass is 10.2. The van der Waals surface area contributed by atoms with Gasteiger partial charge in [-0.3, -0.25) is 9.69 Å². The highest BCUT2D eigenvalue weighted by Crippen LogP contribution is 2.21. The number of rotatable bonds is 6. The Morgan fingerprint density at radius 2 is 2.19 bits per heavy atom. The van der Waals surface area contributed by atoms with Gasteiger partial charge in [-0.1, -0.05) is 5.16 Å². The minimum Gasteiger partial charge on any atom is -0.342 e. The molecule has 1 aliphatic rings. The summed E-state index contributed by atoms with van der Waals surface area (Å²) in [7, 11) is 0. The molecule has 2 rings (SSSR count). The Kier molecular flexibility index (Phi) is 7.07. The van der Waals surface area contributed by atoms with Gasteiger partial charge in [-0.15, -0.1) is 12.4 Å². The number of carbonyl (C=O) groups is 1. The highest BCUT2D eigenvalue weighted by atomic mass is 35.5. The van der Waals surface area contributed by atoms with Gasteiger partial charge in [-0.2, -0.15) is 4.98 Å². The molecule has 1 saturated heterocycles. The predicted octanol–water partition coefficient (Wildman–Crippen LogP) is 0.783. The number of carbonyl (C=O) groups excluding carboxylic acids is 1. The highest BCUT2D eigenvalue weighted by Gasteiger charge is 2.33. The lowest BCUT2D eigenvalue weighted by Gasteiger charge is -2.28. The van der Waals surface area contributed by atoms with Crippen molar-refractivity contribution in [2.24, 2.45) is 5.73 Å². The fraction of sp³-hybridized carbons (Fsp3) is 0.769. The van der Waals surface area contributed by atoms with Crippen LogP contribution in [0.1, 0.15) is 38.4 Å². The smallest absolute Gasteiger partial charge is 0.240 e. The van der Waals surface area contributed by atoms with E-state index in [9.17, 15) is 4.79 Å². The van der Waals surface area contributed by atoms with Crippen LogP contribution in [0.5, 0.6) is 0 Å². The molecule has 7 nitrogen and oxygen atoms in total. The van der Waals surface area contributed by atoms with Gasteiger partial charge in [0.15, 0.2) is 5.82 Å². The molecule has 8 heteroatoms. The van der Waals surface area contributed by atoms with E-state index in [-0.39, 0.29) is 30.9 Å². The SMILES string of the molecule is CCN(CC)C(=O)C1CCCN1Cc1noc(CN)n1.Cl. The molecule has 0 aromatic carbocycles. The molecular formula is C13H24ClN5O2. The van der Waals surface area contributed by atoms with Gasteiger partial charge in [0.1, 0.15) is 0 Å². The predicted molar refractivity (Wildman–Crippen MR) is 80.8 cm³/mol. The van der Waals surface area contributed by atoms with Crippen LogP contribution in [0.4, 0.5) is 0 Å². The van der Waals surface area contributed by atoms with Gasteiger partial charge in [-0.05, 0) is 33.2 Å². The standard InChI is InChI=1S/C13H23N5O2.ClH/c1-3-17(4-2)13(19)10-6-5-7-18(10)9-11-15-12(8-14)20-16-11;/h10H,3-9,14H2,1-2H3;1H. The monoisotopic (exact) mass is 317 g/mol. The molecule has 2 N–H and O–H groups in total. The Morgan fingerprint density at radius 3 is 2.76 bits per heavy atom. The zero-order valence-electron chi connectivity index (χ0n) is 12.6. The zero-order valence-corrected chi connectivity index (χ0v) is 13.4. The van der Waals surface area contributed by atoms with Crippen LogP contribution in [0.2, 0.25) is 0 Å². The lowest BCUT2D eigenvalue weighted by Crippen LogP contribution is -2.45. The largest absolute Gasteiger partial charge is 0.342 e.